The predicted octanol–water partition coefficient (Wildman–Crippen LogP) is 3.30. The molecule has 0 bridgehead atoms. The zero-order valence-electron chi connectivity index (χ0n) is 17.9. The zero-order chi connectivity index (χ0) is 25.6. The first kappa shape index (κ1) is 23.6. The second-order valence-corrected chi connectivity index (χ2v) is 8.85. The molecule has 5 rings (SSSR count). The molecule has 0 saturated carbocycles. The fourth-order valence-electron chi connectivity index (χ4n) is 3.71. The van der Waals surface area contributed by atoms with Crippen molar-refractivity contribution in [1.82, 2.24) is 29.1 Å². The minimum atomic E-state index is -0.903. The number of pyridine rings is 1. The number of nitrogens with zero attached hydrogens (tertiary/aromatic N) is 6. The molecule has 10 nitrogen and oxygen atoms in total. The number of nitriles is 1. The fourth-order valence-corrected chi connectivity index (χ4v) is 4.47. The number of rotatable bonds is 4. The molecule has 0 saturated heterocycles. The van der Waals surface area contributed by atoms with Crippen molar-refractivity contribution in [3.63, 3.8) is 0 Å². The van der Waals surface area contributed by atoms with Crippen LogP contribution in [0, 0.1) is 11.3 Å². The largest absolute Gasteiger partial charge is 0.349 e. The number of nitrogens with one attached hydrogen (secondary N) is 1. The summed E-state index contributed by atoms with van der Waals surface area (Å²) in [5.74, 6) is 0. The Bertz CT molecular complexity index is 1860. The van der Waals surface area contributed by atoms with E-state index in [0.717, 1.165) is 10.2 Å². The maximum atomic E-state index is 12.7. The van der Waals surface area contributed by atoms with E-state index in [1.165, 1.54) is 29.1 Å². The van der Waals surface area contributed by atoms with E-state index >= 15 is 0 Å². The summed E-state index contributed by atoms with van der Waals surface area (Å²) in [7, 11) is 0. The number of hydrogen-bond donors (Lipinski definition) is 1. The second-order valence-electron chi connectivity index (χ2n) is 7.60. The summed E-state index contributed by atoms with van der Waals surface area (Å²) in [5, 5.41) is 18.0. The van der Waals surface area contributed by atoms with E-state index in [9.17, 15) is 14.4 Å². The molecule has 0 fully saturated rings. The molecule has 3 aromatic heterocycles. The van der Waals surface area contributed by atoms with E-state index < -0.39 is 16.9 Å². The molecule has 2 aromatic carbocycles. The number of aromatic amines is 1. The van der Waals surface area contributed by atoms with Gasteiger partial charge in [-0.3, -0.25) is 14.6 Å². The summed E-state index contributed by atoms with van der Waals surface area (Å²) < 4.78 is 3.85. The standard InChI is InChI=1S/C23H12Cl3N7O3/c24-13-3-1-12(2-4-13)11-31-19-10-28-33(18(19)5-6-20(31)34)21-15(25)7-14(8-16(21)26)32-23(36)29-22(35)17(9-27)30-32/h1-8,10H,11H2,(H,29,35,36). The quantitative estimate of drug-likeness (QED) is 0.372. The first-order chi connectivity index (χ1) is 17.3. The second kappa shape index (κ2) is 9.13. The molecule has 0 aliphatic heterocycles. The Morgan fingerprint density at radius 2 is 1.61 bits per heavy atom. The Balaban J connectivity index is 1.63. The van der Waals surface area contributed by atoms with Gasteiger partial charge in [-0.2, -0.15) is 15.0 Å². The number of benzene rings is 2. The number of hydrogen-bond acceptors (Lipinski definition) is 6. The van der Waals surface area contributed by atoms with Crippen molar-refractivity contribution in [1.29, 1.82) is 5.26 Å². The average molecular weight is 541 g/mol. The van der Waals surface area contributed by atoms with Crippen molar-refractivity contribution < 1.29 is 0 Å². The van der Waals surface area contributed by atoms with Crippen LogP contribution in [0.15, 0.2) is 69.1 Å². The normalized spacial score (nSPS) is 11.1. The Labute approximate surface area is 216 Å². The van der Waals surface area contributed by atoms with E-state index in [0.29, 0.717) is 28.3 Å². The van der Waals surface area contributed by atoms with Gasteiger partial charge in [0.25, 0.3) is 11.1 Å². The molecule has 1 N–H and O–H groups in total. The number of aromatic nitrogens is 6. The van der Waals surface area contributed by atoms with Gasteiger partial charge in [0.2, 0.25) is 5.69 Å². The van der Waals surface area contributed by atoms with Gasteiger partial charge in [0.05, 0.1) is 39.5 Å². The minimum Gasteiger partial charge on any atom is -0.301 e. The molecule has 0 atom stereocenters. The summed E-state index contributed by atoms with van der Waals surface area (Å²) in [5.41, 5.74) is -0.0805. The molecule has 178 valence electrons. The molecule has 0 radical (unpaired) electrons. The van der Waals surface area contributed by atoms with Gasteiger partial charge in [-0.15, -0.1) is 5.10 Å². The van der Waals surface area contributed by atoms with Gasteiger partial charge in [-0.05, 0) is 35.9 Å². The van der Waals surface area contributed by atoms with Crippen LogP contribution in [-0.2, 0) is 6.54 Å². The number of halogens is 3. The van der Waals surface area contributed by atoms with Gasteiger partial charge in [0.15, 0.2) is 0 Å². The summed E-state index contributed by atoms with van der Waals surface area (Å²) in [6, 6.07) is 14.6. The van der Waals surface area contributed by atoms with Crippen LogP contribution in [0.3, 0.4) is 0 Å². The van der Waals surface area contributed by atoms with Crippen LogP contribution >= 0.6 is 34.8 Å². The Morgan fingerprint density at radius 1 is 0.917 bits per heavy atom. The molecule has 13 heteroatoms. The Morgan fingerprint density at radius 3 is 2.28 bits per heavy atom. The van der Waals surface area contributed by atoms with Crippen LogP contribution in [0.5, 0.6) is 0 Å². The highest BCUT2D eigenvalue weighted by Gasteiger charge is 2.18. The van der Waals surface area contributed by atoms with Gasteiger partial charge in [0, 0.05) is 11.1 Å². The van der Waals surface area contributed by atoms with Gasteiger partial charge in [0.1, 0.15) is 11.8 Å². The average Bonchev–Trinajstić information content (AvgIpc) is 3.25. The van der Waals surface area contributed by atoms with E-state index in [1.807, 2.05) is 17.1 Å². The van der Waals surface area contributed by atoms with Gasteiger partial charge < -0.3 is 4.57 Å². The van der Waals surface area contributed by atoms with Crippen molar-refractivity contribution in [2.75, 3.05) is 0 Å². The summed E-state index contributed by atoms with van der Waals surface area (Å²) in [4.78, 5) is 38.6. The molecule has 0 aliphatic rings. The van der Waals surface area contributed by atoms with Crippen molar-refractivity contribution in [3.8, 4) is 17.4 Å². The summed E-state index contributed by atoms with van der Waals surface area (Å²) in [6.07, 6.45) is 1.53. The van der Waals surface area contributed by atoms with E-state index in [2.05, 4.69) is 10.2 Å². The van der Waals surface area contributed by atoms with Crippen molar-refractivity contribution in [3.05, 3.63) is 112 Å². The molecular weight excluding hydrogens is 529 g/mol. The van der Waals surface area contributed by atoms with Gasteiger partial charge in [-0.25, -0.2) is 9.48 Å². The van der Waals surface area contributed by atoms with Crippen LogP contribution in [-0.4, -0.2) is 29.1 Å². The summed E-state index contributed by atoms with van der Waals surface area (Å²) >= 11 is 19.0. The van der Waals surface area contributed by atoms with Crippen molar-refractivity contribution in [2.45, 2.75) is 6.54 Å². The lowest BCUT2D eigenvalue weighted by atomic mass is 10.2. The predicted molar refractivity (Wildman–Crippen MR) is 135 cm³/mol. The van der Waals surface area contributed by atoms with Gasteiger partial charge in [-0.1, -0.05) is 46.9 Å². The third kappa shape index (κ3) is 4.09. The lowest BCUT2D eigenvalue weighted by molar-refractivity contribution is 0.740. The molecule has 5 aromatic rings. The van der Waals surface area contributed by atoms with E-state index in [4.69, 9.17) is 40.1 Å². The fraction of sp³-hybridized carbons (Fsp3) is 0.0435. The molecule has 0 unspecified atom stereocenters. The van der Waals surface area contributed by atoms with E-state index in [-0.39, 0.29) is 21.3 Å². The zero-order valence-corrected chi connectivity index (χ0v) is 20.2. The molecular formula is C23H12Cl3N7O3. The molecule has 0 aliphatic carbocycles. The summed E-state index contributed by atoms with van der Waals surface area (Å²) in [6.45, 7) is 0.293. The maximum absolute atomic E-state index is 12.7. The monoisotopic (exact) mass is 539 g/mol. The highest BCUT2D eigenvalue weighted by Crippen LogP contribution is 2.33. The van der Waals surface area contributed by atoms with Crippen molar-refractivity contribution in [2.24, 2.45) is 0 Å². The van der Waals surface area contributed by atoms with Crippen LogP contribution in [0.25, 0.3) is 22.4 Å². The third-order valence-corrected chi connectivity index (χ3v) is 6.20. The van der Waals surface area contributed by atoms with Crippen LogP contribution in [0.4, 0.5) is 0 Å². The maximum Gasteiger partial charge on any atom is 0.349 e. The smallest absolute Gasteiger partial charge is 0.301 e. The highest BCUT2D eigenvalue weighted by atomic mass is 35.5. The highest BCUT2D eigenvalue weighted by molar-refractivity contribution is 6.38. The topological polar surface area (TPSA) is 131 Å². The SMILES string of the molecule is N#Cc1nn(-c2cc(Cl)c(-n3ncc4c3ccc(=O)n4Cc3ccc(Cl)cc3)c(Cl)c2)c(=O)[nH]c1=O. The first-order valence-corrected chi connectivity index (χ1v) is 11.4. The first-order valence-electron chi connectivity index (χ1n) is 10.2. The lowest BCUT2D eigenvalue weighted by Gasteiger charge is -2.12. The number of fused-ring (bicyclic) bond motifs is 1. The van der Waals surface area contributed by atoms with Gasteiger partial charge >= 0.3 is 5.69 Å². The Hall–Kier alpha value is -4.17. The van der Waals surface area contributed by atoms with Crippen LogP contribution in [0.1, 0.15) is 11.3 Å². The third-order valence-electron chi connectivity index (χ3n) is 5.37. The van der Waals surface area contributed by atoms with Crippen LogP contribution in [0.2, 0.25) is 15.1 Å². The number of H-pyrrole nitrogens is 1. The van der Waals surface area contributed by atoms with E-state index in [1.54, 1.807) is 28.8 Å². The molecule has 0 amide bonds. The Kier molecular flexibility index (Phi) is 5.97. The molecule has 0 spiro atoms. The molecule has 3 heterocycles. The lowest BCUT2D eigenvalue weighted by Crippen LogP contribution is -2.33. The minimum absolute atomic E-state index is 0.108. The molecule has 36 heavy (non-hydrogen) atoms. The van der Waals surface area contributed by atoms with Crippen molar-refractivity contribution >= 4 is 45.8 Å². The van der Waals surface area contributed by atoms with Crippen LogP contribution < -0.4 is 16.8 Å².